The van der Waals surface area contributed by atoms with Gasteiger partial charge in [0.05, 0.1) is 25.0 Å². The number of ether oxygens (including phenoxy) is 1. The highest BCUT2D eigenvalue weighted by atomic mass is 32.1. The van der Waals surface area contributed by atoms with E-state index in [1.165, 1.54) is 10.6 Å². The molecule has 1 fully saturated rings. The standard InChI is InChI=1S/C19H26N4O2S/c1-12(2)11-23-15-6-7-16-17(14(15)10-20-23)21-19(26-16)22(8-9-25-3)18(24)13-4-5-13/h10,12-13H,4-9,11H2,1-3H3. The Balaban J connectivity index is 1.65. The third kappa shape index (κ3) is 3.30. The van der Waals surface area contributed by atoms with E-state index in [1.807, 2.05) is 11.1 Å². The van der Waals surface area contributed by atoms with Crippen LogP contribution in [0.3, 0.4) is 0 Å². The molecule has 2 aliphatic rings. The average Bonchev–Trinajstić information content (AvgIpc) is 3.25. The van der Waals surface area contributed by atoms with Gasteiger partial charge in [0.2, 0.25) is 5.91 Å². The molecule has 7 heteroatoms. The van der Waals surface area contributed by atoms with Crippen LogP contribution in [0.15, 0.2) is 6.20 Å². The van der Waals surface area contributed by atoms with Gasteiger partial charge in [0, 0.05) is 35.7 Å². The number of thiazole rings is 1. The Kier molecular flexibility index (Phi) is 4.84. The van der Waals surface area contributed by atoms with Crippen molar-refractivity contribution in [3.05, 3.63) is 16.8 Å². The maximum absolute atomic E-state index is 12.7. The van der Waals surface area contributed by atoms with Crippen LogP contribution in [0, 0.1) is 11.8 Å². The zero-order valence-corrected chi connectivity index (χ0v) is 16.5. The Labute approximate surface area is 158 Å². The molecule has 2 aromatic rings. The molecule has 0 radical (unpaired) electrons. The van der Waals surface area contributed by atoms with Crippen LogP contribution in [0.1, 0.15) is 37.3 Å². The van der Waals surface area contributed by atoms with Crippen molar-refractivity contribution in [3.63, 3.8) is 0 Å². The van der Waals surface area contributed by atoms with Gasteiger partial charge in [-0.05, 0) is 31.6 Å². The van der Waals surface area contributed by atoms with E-state index >= 15 is 0 Å². The summed E-state index contributed by atoms with van der Waals surface area (Å²) in [6, 6.07) is 0. The van der Waals surface area contributed by atoms with Crippen LogP contribution in [0.4, 0.5) is 5.13 Å². The normalized spacial score (nSPS) is 15.8. The van der Waals surface area contributed by atoms with Gasteiger partial charge in [-0.25, -0.2) is 4.98 Å². The maximum Gasteiger partial charge on any atom is 0.231 e. The first-order valence-electron chi connectivity index (χ1n) is 9.43. The van der Waals surface area contributed by atoms with E-state index in [4.69, 9.17) is 9.72 Å². The van der Waals surface area contributed by atoms with Crippen LogP contribution >= 0.6 is 11.3 Å². The van der Waals surface area contributed by atoms with Crippen molar-refractivity contribution in [1.82, 2.24) is 14.8 Å². The molecule has 1 amide bonds. The molecule has 2 aromatic heterocycles. The summed E-state index contributed by atoms with van der Waals surface area (Å²) in [6.45, 7) is 6.45. The molecule has 1 saturated carbocycles. The molecule has 0 saturated heterocycles. The smallest absolute Gasteiger partial charge is 0.231 e. The zero-order valence-electron chi connectivity index (χ0n) is 15.7. The van der Waals surface area contributed by atoms with Gasteiger partial charge in [-0.1, -0.05) is 13.8 Å². The summed E-state index contributed by atoms with van der Waals surface area (Å²) in [6.07, 6.45) is 5.91. The lowest BCUT2D eigenvalue weighted by atomic mass is 10.0. The summed E-state index contributed by atoms with van der Waals surface area (Å²) in [5.74, 6) is 0.938. The van der Waals surface area contributed by atoms with E-state index in [0.29, 0.717) is 19.1 Å². The summed E-state index contributed by atoms with van der Waals surface area (Å²) in [5.41, 5.74) is 3.44. The lowest BCUT2D eigenvalue weighted by molar-refractivity contribution is -0.119. The van der Waals surface area contributed by atoms with Gasteiger partial charge in [-0.2, -0.15) is 5.10 Å². The number of aromatic nitrogens is 3. The van der Waals surface area contributed by atoms with E-state index in [2.05, 4.69) is 23.6 Å². The second-order valence-corrected chi connectivity index (χ2v) is 8.67. The van der Waals surface area contributed by atoms with Gasteiger partial charge in [-0.15, -0.1) is 11.3 Å². The monoisotopic (exact) mass is 374 g/mol. The van der Waals surface area contributed by atoms with Crippen molar-refractivity contribution in [2.45, 2.75) is 46.1 Å². The van der Waals surface area contributed by atoms with E-state index in [0.717, 1.165) is 48.6 Å². The fourth-order valence-electron chi connectivity index (χ4n) is 3.48. The summed E-state index contributed by atoms with van der Waals surface area (Å²) < 4.78 is 7.34. The minimum atomic E-state index is 0.178. The van der Waals surface area contributed by atoms with Crippen LogP contribution in [0.5, 0.6) is 0 Å². The fourth-order valence-corrected chi connectivity index (χ4v) is 4.58. The Bertz CT molecular complexity index is 807. The Morgan fingerprint density at radius 3 is 2.92 bits per heavy atom. The molecule has 2 heterocycles. The van der Waals surface area contributed by atoms with Gasteiger partial charge in [0.1, 0.15) is 0 Å². The van der Waals surface area contributed by atoms with E-state index in [9.17, 15) is 4.79 Å². The number of aryl methyl sites for hydroxylation is 1. The van der Waals surface area contributed by atoms with Crippen LogP contribution in [-0.4, -0.2) is 40.9 Å². The van der Waals surface area contributed by atoms with E-state index < -0.39 is 0 Å². The van der Waals surface area contributed by atoms with Crippen LogP contribution in [-0.2, 0) is 28.9 Å². The molecule has 0 unspecified atom stereocenters. The van der Waals surface area contributed by atoms with Gasteiger partial charge >= 0.3 is 0 Å². The molecule has 0 spiro atoms. The lowest BCUT2D eigenvalue weighted by Gasteiger charge is -2.19. The van der Waals surface area contributed by atoms with Crippen molar-refractivity contribution in [1.29, 1.82) is 0 Å². The first kappa shape index (κ1) is 17.7. The molecule has 6 nitrogen and oxygen atoms in total. The lowest BCUT2D eigenvalue weighted by Crippen LogP contribution is -2.35. The number of amides is 1. The Morgan fingerprint density at radius 2 is 2.23 bits per heavy atom. The maximum atomic E-state index is 12.7. The molecule has 26 heavy (non-hydrogen) atoms. The van der Waals surface area contributed by atoms with E-state index in [1.54, 1.807) is 18.4 Å². The molecule has 0 aromatic carbocycles. The number of hydrogen-bond acceptors (Lipinski definition) is 5. The summed E-state index contributed by atoms with van der Waals surface area (Å²) in [4.78, 5) is 20.7. The van der Waals surface area contributed by atoms with Crippen LogP contribution in [0.2, 0.25) is 0 Å². The molecule has 2 aliphatic carbocycles. The van der Waals surface area contributed by atoms with E-state index in [-0.39, 0.29) is 11.8 Å². The number of nitrogens with zero attached hydrogens (tertiary/aromatic N) is 4. The second kappa shape index (κ2) is 7.12. The summed E-state index contributed by atoms with van der Waals surface area (Å²) >= 11 is 1.66. The predicted octanol–water partition coefficient (Wildman–Crippen LogP) is 3.15. The molecule has 0 N–H and O–H groups in total. The van der Waals surface area contributed by atoms with Crippen molar-refractivity contribution in [2.75, 3.05) is 25.2 Å². The van der Waals surface area contributed by atoms with Crippen molar-refractivity contribution in [3.8, 4) is 11.3 Å². The largest absolute Gasteiger partial charge is 0.383 e. The predicted molar refractivity (Wildman–Crippen MR) is 103 cm³/mol. The van der Waals surface area contributed by atoms with Gasteiger partial charge in [-0.3, -0.25) is 14.4 Å². The quantitative estimate of drug-likeness (QED) is 0.747. The van der Waals surface area contributed by atoms with Crippen LogP contribution in [0.25, 0.3) is 11.3 Å². The fraction of sp³-hybridized carbons (Fsp3) is 0.632. The molecule has 0 atom stereocenters. The highest BCUT2D eigenvalue weighted by Gasteiger charge is 2.36. The minimum Gasteiger partial charge on any atom is -0.383 e. The number of anilines is 1. The third-order valence-corrected chi connectivity index (χ3v) is 6.10. The summed E-state index contributed by atoms with van der Waals surface area (Å²) in [5, 5.41) is 5.41. The zero-order chi connectivity index (χ0) is 18.3. The number of hydrogen-bond donors (Lipinski definition) is 0. The first-order chi connectivity index (χ1) is 12.6. The molecule has 0 aliphatic heterocycles. The van der Waals surface area contributed by atoms with Gasteiger partial charge in [0.25, 0.3) is 0 Å². The van der Waals surface area contributed by atoms with Crippen molar-refractivity contribution < 1.29 is 9.53 Å². The topological polar surface area (TPSA) is 60.2 Å². The Hall–Kier alpha value is -1.73. The molecular formula is C19H26N4O2S. The highest BCUT2D eigenvalue weighted by molar-refractivity contribution is 7.16. The number of carbonyl (C=O) groups excluding carboxylic acids is 1. The molecule has 140 valence electrons. The molecule has 4 rings (SSSR count). The average molecular weight is 375 g/mol. The second-order valence-electron chi connectivity index (χ2n) is 7.61. The molecular weight excluding hydrogens is 348 g/mol. The Morgan fingerprint density at radius 1 is 1.42 bits per heavy atom. The van der Waals surface area contributed by atoms with Crippen LogP contribution < -0.4 is 4.90 Å². The highest BCUT2D eigenvalue weighted by Crippen LogP contribution is 2.41. The number of rotatable bonds is 7. The van der Waals surface area contributed by atoms with Gasteiger partial charge in [0.15, 0.2) is 5.13 Å². The third-order valence-electron chi connectivity index (χ3n) is 4.96. The number of methoxy groups -OCH3 is 1. The molecule has 0 bridgehead atoms. The van der Waals surface area contributed by atoms with Gasteiger partial charge < -0.3 is 4.74 Å². The summed E-state index contributed by atoms with van der Waals surface area (Å²) in [7, 11) is 1.67. The number of carbonyl (C=O) groups is 1. The van der Waals surface area contributed by atoms with Crippen molar-refractivity contribution in [2.24, 2.45) is 11.8 Å². The number of fused-ring (bicyclic) bond motifs is 3. The first-order valence-corrected chi connectivity index (χ1v) is 10.2. The van der Waals surface area contributed by atoms with Crippen molar-refractivity contribution >= 4 is 22.4 Å². The minimum absolute atomic E-state index is 0.178. The SMILES string of the molecule is COCCN(C(=O)C1CC1)c1nc2c(s1)CCc1c-2cnn1CC(C)C.